The molecule has 2 aromatic rings. The molecule has 0 aliphatic rings. The van der Waals surface area contributed by atoms with Gasteiger partial charge in [0.15, 0.2) is 0 Å². The van der Waals surface area contributed by atoms with E-state index < -0.39 is 10.0 Å². The van der Waals surface area contributed by atoms with Gasteiger partial charge in [-0.15, -0.1) is 0 Å². The van der Waals surface area contributed by atoms with E-state index in [0.29, 0.717) is 11.1 Å². The molecule has 134 valence electrons. The number of benzene rings is 2. The van der Waals surface area contributed by atoms with Gasteiger partial charge in [-0.25, -0.2) is 8.42 Å². The lowest BCUT2D eigenvalue weighted by Crippen LogP contribution is -2.32. The lowest BCUT2D eigenvalue weighted by molar-refractivity contribution is 0.0940. The van der Waals surface area contributed by atoms with Crippen LogP contribution in [0.4, 0.5) is 5.69 Å². The number of nitrogens with one attached hydrogen (secondary N) is 2. The molecule has 25 heavy (non-hydrogen) atoms. The summed E-state index contributed by atoms with van der Waals surface area (Å²) in [4.78, 5) is 12.6. The predicted molar refractivity (Wildman–Crippen MR) is 100 cm³/mol. The third-order valence-corrected chi connectivity index (χ3v) is 5.55. The van der Waals surface area contributed by atoms with Crippen LogP contribution in [-0.4, -0.2) is 20.4 Å². The highest BCUT2D eigenvalue weighted by Gasteiger charge is 2.20. The Balaban J connectivity index is 2.37. The Bertz CT molecular complexity index is 876. The van der Waals surface area contributed by atoms with Crippen LogP contribution in [0.25, 0.3) is 0 Å². The molecule has 0 heterocycles. The summed E-state index contributed by atoms with van der Waals surface area (Å²) in [6.45, 7) is 7.46. The Kier molecular flexibility index (Phi) is 5.85. The zero-order valence-corrected chi connectivity index (χ0v) is 15.8. The molecule has 0 saturated carbocycles. The van der Waals surface area contributed by atoms with Gasteiger partial charge in [-0.2, -0.15) is 0 Å². The van der Waals surface area contributed by atoms with Crippen molar-refractivity contribution in [3.63, 3.8) is 0 Å². The molecule has 0 aliphatic carbocycles. The normalized spacial score (nSPS) is 12.5. The Morgan fingerprint density at radius 2 is 1.80 bits per heavy atom. The second-order valence-electron chi connectivity index (χ2n) is 6.20. The van der Waals surface area contributed by atoms with E-state index in [4.69, 9.17) is 0 Å². The molecule has 0 aliphatic heterocycles. The Hall–Kier alpha value is -2.34. The SMILES string of the molecule is CCC(C)NC(=O)c1ccccc1NS(=O)(=O)c1cc(C)ccc1C. The number of carbonyl (C=O) groups is 1. The molecule has 0 bridgehead atoms. The number of amides is 1. The third kappa shape index (κ3) is 4.60. The smallest absolute Gasteiger partial charge is 0.262 e. The van der Waals surface area contributed by atoms with Crippen molar-refractivity contribution < 1.29 is 13.2 Å². The van der Waals surface area contributed by atoms with Crippen molar-refractivity contribution in [3.8, 4) is 0 Å². The van der Waals surface area contributed by atoms with Crippen molar-refractivity contribution in [1.29, 1.82) is 0 Å². The summed E-state index contributed by atoms with van der Waals surface area (Å²) in [5, 5.41) is 2.86. The summed E-state index contributed by atoms with van der Waals surface area (Å²) < 4.78 is 28.1. The van der Waals surface area contributed by atoms with Crippen molar-refractivity contribution >= 4 is 21.6 Å². The minimum absolute atomic E-state index is 0.0104. The average Bonchev–Trinajstić information content (AvgIpc) is 2.56. The Morgan fingerprint density at radius 3 is 2.48 bits per heavy atom. The number of para-hydroxylation sites is 1. The van der Waals surface area contributed by atoms with E-state index in [1.807, 2.05) is 26.8 Å². The van der Waals surface area contributed by atoms with Crippen LogP contribution in [0.2, 0.25) is 0 Å². The van der Waals surface area contributed by atoms with Crippen LogP contribution < -0.4 is 10.0 Å². The maximum absolute atomic E-state index is 12.8. The van der Waals surface area contributed by atoms with Gasteiger partial charge in [0, 0.05) is 6.04 Å². The van der Waals surface area contributed by atoms with Gasteiger partial charge in [-0.1, -0.05) is 31.2 Å². The summed E-state index contributed by atoms with van der Waals surface area (Å²) in [5.74, 6) is -0.298. The van der Waals surface area contributed by atoms with Gasteiger partial charge >= 0.3 is 0 Å². The highest BCUT2D eigenvalue weighted by atomic mass is 32.2. The molecule has 2 rings (SSSR count). The van der Waals surface area contributed by atoms with Gasteiger partial charge in [0.2, 0.25) is 0 Å². The van der Waals surface area contributed by atoms with Crippen LogP contribution in [-0.2, 0) is 10.0 Å². The first-order valence-electron chi connectivity index (χ1n) is 8.24. The number of hydrogen-bond acceptors (Lipinski definition) is 3. The number of sulfonamides is 1. The summed E-state index contributed by atoms with van der Waals surface area (Å²) >= 11 is 0. The first-order valence-corrected chi connectivity index (χ1v) is 9.73. The van der Waals surface area contributed by atoms with Crippen molar-refractivity contribution in [2.24, 2.45) is 0 Å². The van der Waals surface area contributed by atoms with E-state index in [1.165, 1.54) is 0 Å². The topological polar surface area (TPSA) is 75.3 Å². The molecule has 2 aromatic carbocycles. The van der Waals surface area contributed by atoms with Gasteiger partial charge in [0.25, 0.3) is 15.9 Å². The van der Waals surface area contributed by atoms with E-state index in [1.54, 1.807) is 43.3 Å². The largest absolute Gasteiger partial charge is 0.350 e. The van der Waals surface area contributed by atoms with Crippen LogP contribution in [0.3, 0.4) is 0 Å². The first kappa shape index (κ1) is 19.0. The highest BCUT2D eigenvalue weighted by Crippen LogP contribution is 2.23. The fourth-order valence-corrected chi connectivity index (χ4v) is 3.78. The fourth-order valence-electron chi connectivity index (χ4n) is 2.37. The summed E-state index contributed by atoms with van der Waals surface area (Å²) in [7, 11) is -3.79. The number of carbonyl (C=O) groups excluding carboxylic acids is 1. The van der Waals surface area contributed by atoms with E-state index in [2.05, 4.69) is 10.0 Å². The van der Waals surface area contributed by atoms with Crippen LogP contribution in [0.15, 0.2) is 47.4 Å². The number of hydrogen-bond donors (Lipinski definition) is 2. The highest BCUT2D eigenvalue weighted by molar-refractivity contribution is 7.92. The summed E-state index contributed by atoms with van der Waals surface area (Å²) in [5.41, 5.74) is 2.08. The van der Waals surface area contributed by atoms with Gasteiger partial charge in [-0.05, 0) is 56.5 Å². The molecular weight excluding hydrogens is 336 g/mol. The number of anilines is 1. The average molecular weight is 360 g/mol. The Labute approximate surface area is 149 Å². The molecule has 0 radical (unpaired) electrons. The maximum atomic E-state index is 12.8. The second-order valence-corrected chi connectivity index (χ2v) is 7.85. The maximum Gasteiger partial charge on any atom is 0.262 e. The Morgan fingerprint density at radius 1 is 1.12 bits per heavy atom. The molecule has 0 fully saturated rings. The van der Waals surface area contributed by atoms with Crippen LogP contribution in [0.1, 0.15) is 41.8 Å². The molecule has 0 saturated heterocycles. The van der Waals surface area contributed by atoms with Crippen molar-refractivity contribution in [2.75, 3.05) is 4.72 Å². The number of aryl methyl sites for hydroxylation is 2. The molecule has 2 N–H and O–H groups in total. The van der Waals surface area contributed by atoms with Gasteiger partial charge < -0.3 is 5.32 Å². The summed E-state index contributed by atoms with van der Waals surface area (Å²) in [6, 6.07) is 11.9. The van der Waals surface area contributed by atoms with Crippen molar-refractivity contribution in [2.45, 2.75) is 45.1 Å². The van der Waals surface area contributed by atoms with Crippen molar-refractivity contribution in [3.05, 3.63) is 59.2 Å². The molecule has 1 amide bonds. The van der Waals surface area contributed by atoms with E-state index >= 15 is 0 Å². The molecule has 0 aromatic heterocycles. The summed E-state index contributed by atoms with van der Waals surface area (Å²) in [6.07, 6.45) is 0.794. The van der Waals surface area contributed by atoms with E-state index in [9.17, 15) is 13.2 Å². The molecule has 0 spiro atoms. The van der Waals surface area contributed by atoms with Crippen LogP contribution in [0, 0.1) is 13.8 Å². The van der Waals surface area contributed by atoms with Crippen LogP contribution in [0.5, 0.6) is 0 Å². The minimum Gasteiger partial charge on any atom is -0.350 e. The van der Waals surface area contributed by atoms with Gasteiger partial charge in [-0.3, -0.25) is 9.52 Å². The standard InChI is InChI=1S/C19H24N2O3S/c1-5-15(4)20-19(22)16-8-6-7-9-17(16)21-25(23,24)18-12-13(2)10-11-14(18)3/h6-12,15,21H,5H2,1-4H3,(H,20,22). The lowest BCUT2D eigenvalue weighted by Gasteiger charge is -2.16. The molecule has 1 atom stereocenters. The van der Waals surface area contributed by atoms with E-state index in [0.717, 1.165) is 12.0 Å². The first-order chi connectivity index (χ1) is 11.7. The third-order valence-electron chi connectivity index (χ3n) is 4.04. The van der Waals surface area contributed by atoms with Crippen LogP contribution >= 0.6 is 0 Å². The lowest BCUT2D eigenvalue weighted by atomic mass is 10.1. The molecule has 1 unspecified atom stereocenters. The second kappa shape index (κ2) is 7.70. The molecular formula is C19H24N2O3S. The quantitative estimate of drug-likeness (QED) is 0.826. The molecule has 6 heteroatoms. The zero-order valence-electron chi connectivity index (χ0n) is 15.0. The minimum atomic E-state index is -3.79. The predicted octanol–water partition coefficient (Wildman–Crippen LogP) is 3.63. The molecule has 5 nitrogen and oxygen atoms in total. The van der Waals surface area contributed by atoms with E-state index in [-0.39, 0.29) is 22.5 Å². The zero-order chi connectivity index (χ0) is 18.6. The monoisotopic (exact) mass is 360 g/mol. The fraction of sp³-hybridized carbons (Fsp3) is 0.316. The van der Waals surface area contributed by atoms with Gasteiger partial charge in [0.1, 0.15) is 0 Å². The van der Waals surface area contributed by atoms with Gasteiger partial charge in [0.05, 0.1) is 16.1 Å². The number of rotatable bonds is 6. The van der Waals surface area contributed by atoms with Crippen molar-refractivity contribution in [1.82, 2.24) is 5.32 Å².